The summed E-state index contributed by atoms with van der Waals surface area (Å²) >= 11 is 0. The first-order valence-corrected chi connectivity index (χ1v) is 11.9. The van der Waals surface area contributed by atoms with E-state index in [0.717, 1.165) is 19.4 Å². The van der Waals surface area contributed by atoms with E-state index in [1.54, 1.807) is 0 Å². The predicted molar refractivity (Wildman–Crippen MR) is 113 cm³/mol. The third-order valence-corrected chi connectivity index (χ3v) is 10.6. The molecule has 0 spiro atoms. The van der Waals surface area contributed by atoms with Gasteiger partial charge in [-0.25, -0.2) is 0 Å². The zero-order valence-corrected chi connectivity index (χ0v) is 17.7. The van der Waals surface area contributed by atoms with Gasteiger partial charge in [-0.3, -0.25) is 0 Å². The Bertz CT molecular complexity index is 655. The number of rotatable bonds is 6. The third-order valence-electron chi connectivity index (χ3n) is 5.54. The largest absolute Gasteiger partial charge is 0.402 e. The summed E-state index contributed by atoms with van der Waals surface area (Å²) in [6.45, 7) is 7.77. The molecule has 1 aliphatic rings. The van der Waals surface area contributed by atoms with Crippen molar-refractivity contribution in [3.8, 4) is 0 Å². The summed E-state index contributed by atoms with van der Waals surface area (Å²) < 4.78 is 13.2. The second-order valence-electron chi connectivity index (χ2n) is 8.38. The molecule has 2 aromatic carbocycles. The Kier molecular flexibility index (Phi) is 6.53. The maximum absolute atomic E-state index is 9.50. The zero-order valence-electron chi connectivity index (χ0n) is 16.7. The van der Waals surface area contributed by atoms with Gasteiger partial charge in [0.25, 0.3) is 8.32 Å². The lowest BCUT2D eigenvalue weighted by Crippen LogP contribution is -2.68. The Morgan fingerprint density at radius 3 is 2.04 bits per heavy atom. The summed E-state index contributed by atoms with van der Waals surface area (Å²) in [5.74, 6) is 0. The van der Waals surface area contributed by atoms with Crippen molar-refractivity contribution in [2.75, 3.05) is 13.2 Å². The minimum Gasteiger partial charge on any atom is -0.402 e. The molecular weight excluding hydrogens is 352 g/mol. The molecule has 1 fully saturated rings. The summed E-state index contributed by atoms with van der Waals surface area (Å²) in [5, 5.41) is 12.0. The van der Waals surface area contributed by atoms with Crippen molar-refractivity contribution >= 4 is 18.7 Å². The first-order chi connectivity index (χ1) is 13.0. The monoisotopic (exact) mass is 384 g/mol. The van der Waals surface area contributed by atoms with E-state index in [9.17, 15) is 5.11 Å². The molecule has 0 aliphatic carbocycles. The standard InChI is InChI=1S/C23H32O3Si/c1-23(2,3)27(19-11-6-4-7-12-19,20-13-8-5-9-14-20)26-22-15-10-18-25-21(22)16-17-24/h4-9,11-14,21-22,24H,10,15-18H2,1-3H3/t21-,22-/m1/s1. The lowest BCUT2D eigenvalue weighted by atomic mass is 10.0. The van der Waals surface area contributed by atoms with Crippen LogP contribution in [0, 0.1) is 0 Å². The predicted octanol–water partition coefficient (Wildman–Crippen LogP) is 3.49. The Labute approximate surface area is 164 Å². The first-order valence-electron chi connectivity index (χ1n) is 10.0. The third kappa shape index (κ3) is 4.19. The second-order valence-corrected chi connectivity index (χ2v) is 12.6. The smallest absolute Gasteiger partial charge is 0.261 e. The number of hydrogen-bond donors (Lipinski definition) is 1. The van der Waals surface area contributed by atoms with E-state index in [1.807, 2.05) is 0 Å². The lowest BCUT2D eigenvalue weighted by molar-refractivity contribution is -0.0746. The molecule has 2 aromatic rings. The molecule has 3 nitrogen and oxygen atoms in total. The average Bonchev–Trinajstić information content (AvgIpc) is 2.68. The summed E-state index contributed by atoms with van der Waals surface area (Å²) in [4.78, 5) is 0. The molecular formula is C23H32O3Si. The van der Waals surface area contributed by atoms with Crippen LogP contribution in [0.1, 0.15) is 40.0 Å². The van der Waals surface area contributed by atoms with Crippen molar-refractivity contribution in [2.24, 2.45) is 0 Å². The fraction of sp³-hybridized carbons (Fsp3) is 0.478. The minimum absolute atomic E-state index is 0.0113. The van der Waals surface area contributed by atoms with Crippen molar-refractivity contribution in [3.63, 3.8) is 0 Å². The molecule has 0 unspecified atom stereocenters. The Balaban J connectivity index is 2.11. The van der Waals surface area contributed by atoms with Gasteiger partial charge in [0.05, 0.1) is 12.2 Å². The number of aliphatic hydroxyl groups excluding tert-OH is 1. The maximum atomic E-state index is 9.50. The van der Waals surface area contributed by atoms with E-state index in [1.165, 1.54) is 10.4 Å². The molecule has 1 N–H and O–H groups in total. The number of benzene rings is 2. The fourth-order valence-electron chi connectivity index (χ4n) is 4.26. The second kappa shape index (κ2) is 8.70. The van der Waals surface area contributed by atoms with Crippen LogP contribution in [0.4, 0.5) is 0 Å². The van der Waals surface area contributed by atoms with Crippen LogP contribution in [0.25, 0.3) is 0 Å². The van der Waals surface area contributed by atoms with Crippen LogP contribution in [0.15, 0.2) is 60.7 Å². The highest BCUT2D eigenvalue weighted by molar-refractivity contribution is 6.99. The number of hydrogen-bond acceptors (Lipinski definition) is 3. The average molecular weight is 385 g/mol. The van der Waals surface area contributed by atoms with Gasteiger partial charge >= 0.3 is 0 Å². The normalized spacial score (nSPS) is 21.2. The quantitative estimate of drug-likeness (QED) is 0.775. The van der Waals surface area contributed by atoms with Crippen LogP contribution in [0.3, 0.4) is 0 Å². The van der Waals surface area contributed by atoms with Crippen LogP contribution in [-0.4, -0.2) is 38.8 Å². The summed E-state index contributed by atoms with van der Waals surface area (Å²) in [6, 6.07) is 21.4. The van der Waals surface area contributed by atoms with E-state index in [2.05, 4.69) is 81.4 Å². The number of ether oxygens (including phenoxy) is 1. The number of aliphatic hydroxyl groups is 1. The Hall–Kier alpha value is -1.46. The van der Waals surface area contributed by atoms with Crippen LogP contribution < -0.4 is 10.4 Å². The zero-order chi connectivity index (χ0) is 19.3. The van der Waals surface area contributed by atoms with Gasteiger partial charge in [-0.2, -0.15) is 0 Å². The summed E-state index contributed by atoms with van der Waals surface area (Å²) in [5.41, 5.74) is 0. The van der Waals surface area contributed by atoms with Gasteiger partial charge in [-0.05, 0) is 34.7 Å². The molecule has 1 aliphatic heterocycles. The van der Waals surface area contributed by atoms with Crippen LogP contribution in [0.5, 0.6) is 0 Å². The topological polar surface area (TPSA) is 38.7 Å². The van der Waals surface area contributed by atoms with Crippen LogP contribution in [-0.2, 0) is 9.16 Å². The molecule has 146 valence electrons. The van der Waals surface area contributed by atoms with Gasteiger partial charge in [0.1, 0.15) is 0 Å². The van der Waals surface area contributed by atoms with Gasteiger partial charge in [0.15, 0.2) is 0 Å². The van der Waals surface area contributed by atoms with Gasteiger partial charge in [-0.1, -0.05) is 81.4 Å². The fourth-order valence-corrected chi connectivity index (χ4v) is 9.00. The molecule has 0 bridgehead atoms. The highest BCUT2D eigenvalue weighted by atomic mass is 28.4. The van der Waals surface area contributed by atoms with E-state index in [-0.39, 0.29) is 23.9 Å². The SMILES string of the molecule is CC(C)(C)[Si](O[C@@H]1CCCO[C@@H]1CCO)(c1ccccc1)c1ccccc1. The molecule has 0 amide bonds. The van der Waals surface area contributed by atoms with Gasteiger partial charge in [0.2, 0.25) is 0 Å². The van der Waals surface area contributed by atoms with E-state index in [4.69, 9.17) is 9.16 Å². The summed E-state index contributed by atoms with van der Waals surface area (Å²) in [6.07, 6.45) is 2.59. The van der Waals surface area contributed by atoms with Crippen LogP contribution in [0.2, 0.25) is 5.04 Å². The van der Waals surface area contributed by atoms with E-state index >= 15 is 0 Å². The molecule has 0 saturated carbocycles. The lowest BCUT2D eigenvalue weighted by Gasteiger charge is -2.47. The van der Waals surface area contributed by atoms with Gasteiger partial charge < -0.3 is 14.3 Å². The maximum Gasteiger partial charge on any atom is 0.261 e. The highest BCUT2D eigenvalue weighted by Gasteiger charge is 2.52. The van der Waals surface area contributed by atoms with Gasteiger partial charge in [0, 0.05) is 13.2 Å². The highest BCUT2D eigenvalue weighted by Crippen LogP contribution is 2.39. The van der Waals surface area contributed by atoms with Crippen molar-refractivity contribution in [3.05, 3.63) is 60.7 Å². The molecule has 27 heavy (non-hydrogen) atoms. The Morgan fingerprint density at radius 2 is 1.56 bits per heavy atom. The van der Waals surface area contributed by atoms with E-state index < -0.39 is 8.32 Å². The molecule has 2 atom stereocenters. The molecule has 1 saturated heterocycles. The van der Waals surface area contributed by atoms with Crippen molar-refractivity contribution in [1.82, 2.24) is 0 Å². The van der Waals surface area contributed by atoms with E-state index in [0.29, 0.717) is 6.42 Å². The molecule has 0 aromatic heterocycles. The minimum atomic E-state index is -2.57. The molecule has 0 radical (unpaired) electrons. The van der Waals surface area contributed by atoms with Gasteiger partial charge in [-0.15, -0.1) is 0 Å². The molecule has 4 heteroatoms. The molecule has 3 rings (SSSR count). The first kappa shape index (κ1) is 20.3. The summed E-state index contributed by atoms with van der Waals surface area (Å²) in [7, 11) is -2.57. The van der Waals surface area contributed by atoms with Crippen LogP contribution >= 0.6 is 0 Å². The van der Waals surface area contributed by atoms with Crippen molar-refractivity contribution in [2.45, 2.75) is 57.3 Å². The van der Waals surface area contributed by atoms with Crippen molar-refractivity contribution in [1.29, 1.82) is 0 Å². The van der Waals surface area contributed by atoms with Crippen molar-refractivity contribution < 1.29 is 14.3 Å². The molecule has 1 heterocycles. The Morgan fingerprint density at radius 1 is 1.00 bits per heavy atom.